The lowest BCUT2D eigenvalue weighted by Crippen LogP contribution is -2.37. The second-order valence-corrected chi connectivity index (χ2v) is 6.67. The van der Waals surface area contributed by atoms with Crippen LogP contribution in [-0.4, -0.2) is 56.5 Å². The van der Waals surface area contributed by atoms with Gasteiger partial charge in [-0.1, -0.05) is 0 Å². The first-order chi connectivity index (χ1) is 11.5. The molecule has 0 spiro atoms. The standard InChI is InChI=1S/C19H32N2O3/c1-14-12-18(23-3)19(24-4)13-17(14)15(2)20-8-5-9-21-10-6-16(22)7-11-21/h12-13,15-16,20,22H,5-11H2,1-4H3. The molecule has 1 heterocycles. The second kappa shape index (κ2) is 9.25. The average molecular weight is 336 g/mol. The number of ether oxygens (including phenoxy) is 2. The van der Waals surface area contributed by atoms with Crippen molar-refractivity contribution in [3.8, 4) is 11.5 Å². The largest absolute Gasteiger partial charge is 0.493 e. The summed E-state index contributed by atoms with van der Waals surface area (Å²) in [6, 6.07) is 4.37. The zero-order chi connectivity index (χ0) is 17.5. The molecule has 1 atom stereocenters. The normalized spacial score (nSPS) is 17.7. The van der Waals surface area contributed by atoms with Crippen LogP contribution < -0.4 is 14.8 Å². The summed E-state index contributed by atoms with van der Waals surface area (Å²) in [5, 5.41) is 13.1. The lowest BCUT2D eigenvalue weighted by Gasteiger charge is -2.29. The molecular formula is C19H32N2O3. The summed E-state index contributed by atoms with van der Waals surface area (Å²) in [6.07, 6.45) is 2.85. The van der Waals surface area contributed by atoms with Gasteiger partial charge in [0, 0.05) is 19.1 Å². The molecule has 2 N–H and O–H groups in total. The van der Waals surface area contributed by atoms with E-state index in [-0.39, 0.29) is 12.1 Å². The van der Waals surface area contributed by atoms with E-state index in [1.165, 1.54) is 11.1 Å². The van der Waals surface area contributed by atoms with Gasteiger partial charge in [-0.3, -0.25) is 0 Å². The van der Waals surface area contributed by atoms with Crippen molar-refractivity contribution < 1.29 is 14.6 Å². The highest BCUT2D eigenvalue weighted by molar-refractivity contribution is 5.47. The number of aryl methyl sites for hydroxylation is 1. The number of benzene rings is 1. The predicted octanol–water partition coefficient (Wildman–Crippen LogP) is 2.51. The van der Waals surface area contributed by atoms with Gasteiger partial charge in [-0.05, 0) is 69.5 Å². The van der Waals surface area contributed by atoms with Crippen LogP contribution >= 0.6 is 0 Å². The van der Waals surface area contributed by atoms with E-state index in [1.807, 2.05) is 6.07 Å². The number of aliphatic hydroxyl groups is 1. The third kappa shape index (κ3) is 5.10. The highest BCUT2D eigenvalue weighted by Crippen LogP contribution is 2.32. The van der Waals surface area contributed by atoms with Gasteiger partial charge in [0.25, 0.3) is 0 Å². The molecule has 2 rings (SSSR count). The van der Waals surface area contributed by atoms with Gasteiger partial charge in [0.05, 0.1) is 20.3 Å². The number of nitrogens with zero attached hydrogens (tertiary/aromatic N) is 1. The van der Waals surface area contributed by atoms with Crippen molar-refractivity contribution in [3.05, 3.63) is 23.3 Å². The number of nitrogens with one attached hydrogen (secondary N) is 1. The van der Waals surface area contributed by atoms with Gasteiger partial charge in [0.15, 0.2) is 11.5 Å². The van der Waals surface area contributed by atoms with Crippen LogP contribution in [0.5, 0.6) is 11.5 Å². The molecule has 0 aromatic heterocycles. The van der Waals surface area contributed by atoms with Crippen molar-refractivity contribution in [2.24, 2.45) is 0 Å². The number of hydrogen-bond acceptors (Lipinski definition) is 5. The van der Waals surface area contributed by atoms with Crippen LogP contribution in [0.4, 0.5) is 0 Å². The third-order valence-electron chi connectivity index (χ3n) is 4.90. The Bertz CT molecular complexity index is 514. The maximum absolute atomic E-state index is 9.55. The minimum absolute atomic E-state index is 0.0903. The number of aliphatic hydroxyl groups excluding tert-OH is 1. The van der Waals surface area contributed by atoms with E-state index in [2.05, 4.69) is 30.1 Å². The van der Waals surface area contributed by atoms with Gasteiger partial charge in [-0.15, -0.1) is 0 Å². The Balaban J connectivity index is 1.81. The first-order valence-corrected chi connectivity index (χ1v) is 8.91. The van der Waals surface area contributed by atoms with Crippen molar-refractivity contribution in [1.82, 2.24) is 10.2 Å². The molecule has 1 aliphatic heterocycles. The fourth-order valence-electron chi connectivity index (χ4n) is 3.34. The molecule has 0 saturated carbocycles. The molecule has 24 heavy (non-hydrogen) atoms. The van der Waals surface area contributed by atoms with Crippen molar-refractivity contribution in [3.63, 3.8) is 0 Å². The maximum Gasteiger partial charge on any atom is 0.161 e. The van der Waals surface area contributed by atoms with E-state index in [1.54, 1.807) is 14.2 Å². The summed E-state index contributed by atoms with van der Waals surface area (Å²) >= 11 is 0. The van der Waals surface area contributed by atoms with Gasteiger partial charge in [0.2, 0.25) is 0 Å². The molecule has 5 nitrogen and oxygen atoms in total. The predicted molar refractivity (Wildman–Crippen MR) is 97.0 cm³/mol. The number of likely N-dealkylation sites (tertiary alicyclic amines) is 1. The molecule has 136 valence electrons. The van der Waals surface area contributed by atoms with Crippen LogP contribution in [0.1, 0.15) is 43.4 Å². The van der Waals surface area contributed by atoms with Gasteiger partial charge in [-0.25, -0.2) is 0 Å². The van der Waals surface area contributed by atoms with Crippen LogP contribution in [0.25, 0.3) is 0 Å². The van der Waals surface area contributed by atoms with Crippen molar-refractivity contribution in [2.75, 3.05) is 40.4 Å². The fourth-order valence-corrected chi connectivity index (χ4v) is 3.34. The van der Waals surface area contributed by atoms with Crippen molar-refractivity contribution in [2.45, 2.75) is 45.3 Å². The zero-order valence-corrected chi connectivity index (χ0v) is 15.5. The first-order valence-electron chi connectivity index (χ1n) is 8.91. The molecule has 1 saturated heterocycles. The molecule has 5 heteroatoms. The summed E-state index contributed by atoms with van der Waals surface area (Å²) in [6.45, 7) is 8.41. The minimum atomic E-state index is -0.0903. The van der Waals surface area contributed by atoms with E-state index in [9.17, 15) is 5.11 Å². The van der Waals surface area contributed by atoms with E-state index in [0.29, 0.717) is 0 Å². The fraction of sp³-hybridized carbons (Fsp3) is 0.684. The minimum Gasteiger partial charge on any atom is -0.493 e. The Morgan fingerprint density at radius 2 is 1.83 bits per heavy atom. The SMILES string of the molecule is COc1cc(C)c(C(C)NCCCN2CCC(O)CC2)cc1OC. The smallest absolute Gasteiger partial charge is 0.161 e. The molecule has 1 fully saturated rings. The molecule has 0 amide bonds. The topological polar surface area (TPSA) is 54.0 Å². The molecule has 0 radical (unpaired) electrons. The summed E-state index contributed by atoms with van der Waals surface area (Å²) < 4.78 is 10.8. The monoisotopic (exact) mass is 336 g/mol. The van der Waals surface area contributed by atoms with Crippen LogP contribution in [0.15, 0.2) is 12.1 Å². The summed E-state index contributed by atoms with van der Waals surface area (Å²) in [4.78, 5) is 2.45. The molecule has 1 unspecified atom stereocenters. The highest BCUT2D eigenvalue weighted by atomic mass is 16.5. The average Bonchev–Trinajstić information content (AvgIpc) is 2.59. The van der Waals surface area contributed by atoms with Crippen LogP contribution in [0, 0.1) is 6.92 Å². The van der Waals surface area contributed by atoms with E-state index < -0.39 is 0 Å². The molecular weight excluding hydrogens is 304 g/mol. The number of piperidine rings is 1. The Kier molecular flexibility index (Phi) is 7.34. The zero-order valence-electron chi connectivity index (χ0n) is 15.5. The Morgan fingerprint density at radius 3 is 2.46 bits per heavy atom. The molecule has 1 aliphatic rings. The Labute approximate surface area is 146 Å². The van der Waals surface area contributed by atoms with Gasteiger partial charge < -0.3 is 24.8 Å². The maximum atomic E-state index is 9.55. The quantitative estimate of drug-likeness (QED) is 0.715. The van der Waals surface area contributed by atoms with E-state index >= 15 is 0 Å². The lowest BCUT2D eigenvalue weighted by molar-refractivity contribution is 0.0820. The van der Waals surface area contributed by atoms with Crippen LogP contribution in [0.2, 0.25) is 0 Å². The summed E-state index contributed by atoms with van der Waals surface area (Å²) in [7, 11) is 3.34. The van der Waals surface area contributed by atoms with E-state index in [0.717, 1.165) is 56.9 Å². The summed E-state index contributed by atoms with van der Waals surface area (Å²) in [5.41, 5.74) is 2.45. The van der Waals surface area contributed by atoms with Gasteiger partial charge in [-0.2, -0.15) is 0 Å². The van der Waals surface area contributed by atoms with Crippen molar-refractivity contribution >= 4 is 0 Å². The Morgan fingerprint density at radius 1 is 1.21 bits per heavy atom. The number of hydrogen-bond donors (Lipinski definition) is 2. The highest BCUT2D eigenvalue weighted by Gasteiger charge is 2.17. The van der Waals surface area contributed by atoms with E-state index in [4.69, 9.17) is 9.47 Å². The number of methoxy groups -OCH3 is 2. The first kappa shape index (κ1) is 19.0. The molecule has 1 aromatic rings. The molecule has 1 aromatic carbocycles. The summed E-state index contributed by atoms with van der Waals surface area (Å²) in [5.74, 6) is 1.55. The molecule has 0 bridgehead atoms. The second-order valence-electron chi connectivity index (χ2n) is 6.67. The Hall–Kier alpha value is -1.30. The third-order valence-corrected chi connectivity index (χ3v) is 4.90. The van der Waals surface area contributed by atoms with Crippen LogP contribution in [0.3, 0.4) is 0 Å². The number of rotatable bonds is 8. The van der Waals surface area contributed by atoms with Crippen LogP contribution in [-0.2, 0) is 0 Å². The van der Waals surface area contributed by atoms with Crippen molar-refractivity contribution in [1.29, 1.82) is 0 Å². The van der Waals surface area contributed by atoms with Gasteiger partial charge in [0.1, 0.15) is 0 Å². The molecule has 0 aliphatic carbocycles. The lowest BCUT2D eigenvalue weighted by atomic mass is 10.0. The van der Waals surface area contributed by atoms with Gasteiger partial charge >= 0.3 is 0 Å².